The van der Waals surface area contributed by atoms with Crippen LogP contribution in [0.25, 0.3) is 10.8 Å². The Labute approximate surface area is 203 Å². The molecule has 3 aromatic carbocycles. The van der Waals surface area contributed by atoms with E-state index in [4.69, 9.17) is 4.74 Å². The Morgan fingerprint density at radius 1 is 0.971 bits per heavy atom. The first-order valence-electron chi connectivity index (χ1n) is 11.8. The van der Waals surface area contributed by atoms with Crippen molar-refractivity contribution in [1.29, 1.82) is 0 Å². The highest BCUT2D eigenvalue weighted by Crippen LogP contribution is 2.36. The first-order chi connectivity index (χ1) is 17.1. The smallest absolute Gasteiger partial charge is 0.260 e. The van der Waals surface area contributed by atoms with Crippen molar-refractivity contribution in [3.63, 3.8) is 0 Å². The molecule has 5 rings (SSSR count). The van der Waals surface area contributed by atoms with E-state index in [9.17, 15) is 14.4 Å². The van der Waals surface area contributed by atoms with Crippen LogP contribution in [0.15, 0.2) is 65.8 Å². The minimum atomic E-state index is -0.393. The van der Waals surface area contributed by atoms with Gasteiger partial charge in [0.25, 0.3) is 17.7 Å². The predicted molar refractivity (Wildman–Crippen MR) is 134 cm³/mol. The Bertz CT molecular complexity index is 1290. The van der Waals surface area contributed by atoms with Crippen LogP contribution in [0.3, 0.4) is 0 Å². The van der Waals surface area contributed by atoms with Crippen LogP contribution < -0.4 is 15.1 Å². The number of hydrogen-bond acceptors (Lipinski definition) is 5. The molecule has 1 N–H and O–H groups in total. The Hall–Kier alpha value is -4.20. The number of rotatable bonds is 7. The first-order valence-corrected chi connectivity index (χ1v) is 11.8. The van der Waals surface area contributed by atoms with Crippen molar-refractivity contribution in [2.45, 2.75) is 19.3 Å². The van der Waals surface area contributed by atoms with Crippen LogP contribution in [-0.2, 0) is 9.59 Å². The van der Waals surface area contributed by atoms with Gasteiger partial charge in [-0.15, -0.1) is 0 Å². The second kappa shape index (κ2) is 9.97. The van der Waals surface area contributed by atoms with E-state index in [1.165, 1.54) is 17.5 Å². The molecule has 8 nitrogen and oxygen atoms in total. The number of carbonyl (C=O) groups is 3. The van der Waals surface area contributed by atoms with Gasteiger partial charge in [-0.25, -0.2) is 5.43 Å². The van der Waals surface area contributed by atoms with Crippen LogP contribution in [0.5, 0.6) is 5.75 Å². The second-order valence-corrected chi connectivity index (χ2v) is 8.66. The molecule has 2 heterocycles. The number of ether oxygens (including phenoxy) is 1. The Balaban J connectivity index is 1.12. The minimum absolute atomic E-state index is 0.00821. The highest BCUT2D eigenvalue weighted by atomic mass is 16.5. The molecule has 0 spiro atoms. The lowest BCUT2D eigenvalue weighted by molar-refractivity contribution is -0.134. The molecule has 0 radical (unpaired) electrons. The molecule has 1 fully saturated rings. The average molecular weight is 471 g/mol. The molecule has 0 bridgehead atoms. The van der Waals surface area contributed by atoms with Crippen molar-refractivity contribution < 1.29 is 19.1 Å². The Kier molecular flexibility index (Phi) is 6.43. The van der Waals surface area contributed by atoms with Gasteiger partial charge in [-0.2, -0.15) is 5.10 Å². The molecule has 2 aliphatic rings. The molecule has 2 aliphatic heterocycles. The van der Waals surface area contributed by atoms with Crippen LogP contribution in [0.4, 0.5) is 5.69 Å². The lowest BCUT2D eigenvalue weighted by atomic mass is 10.1. The van der Waals surface area contributed by atoms with Crippen LogP contribution in [0.2, 0.25) is 0 Å². The van der Waals surface area contributed by atoms with E-state index in [2.05, 4.69) is 10.5 Å². The molecule has 178 valence electrons. The van der Waals surface area contributed by atoms with E-state index >= 15 is 0 Å². The number of amides is 3. The summed E-state index contributed by atoms with van der Waals surface area (Å²) in [5.41, 5.74) is 4.58. The van der Waals surface area contributed by atoms with E-state index in [-0.39, 0.29) is 25.0 Å². The molecular weight excluding hydrogens is 444 g/mol. The topological polar surface area (TPSA) is 91.3 Å². The zero-order valence-corrected chi connectivity index (χ0v) is 19.3. The van der Waals surface area contributed by atoms with E-state index in [0.29, 0.717) is 11.3 Å². The molecule has 8 heteroatoms. The number of piperidine rings is 1. The molecular formula is C27H26N4O4. The number of hydrazone groups is 1. The summed E-state index contributed by atoms with van der Waals surface area (Å²) in [5.74, 6) is 0.0209. The maximum absolute atomic E-state index is 12.8. The van der Waals surface area contributed by atoms with Gasteiger partial charge in [0.1, 0.15) is 12.3 Å². The van der Waals surface area contributed by atoms with E-state index in [0.717, 1.165) is 48.0 Å². The molecule has 0 aliphatic carbocycles. The Morgan fingerprint density at radius 3 is 2.49 bits per heavy atom. The summed E-state index contributed by atoms with van der Waals surface area (Å²) in [7, 11) is 0. The van der Waals surface area contributed by atoms with Gasteiger partial charge in [-0.1, -0.05) is 24.3 Å². The van der Waals surface area contributed by atoms with Crippen LogP contribution in [-0.4, -0.2) is 55.1 Å². The summed E-state index contributed by atoms with van der Waals surface area (Å²) in [6.45, 7) is 1.51. The molecule has 1 saturated heterocycles. The summed E-state index contributed by atoms with van der Waals surface area (Å²) in [6, 6.07) is 18.3. The van der Waals surface area contributed by atoms with Crippen molar-refractivity contribution >= 4 is 40.4 Å². The number of hydrogen-bond donors (Lipinski definition) is 1. The van der Waals surface area contributed by atoms with Gasteiger partial charge in [0.15, 0.2) is 6.61 Å². The predicted octanol–water partition coefficient (Wildman–Crippen LogP) is 3.34. The molecule has 3 aromatic rings. The fourth-order valence-corrected chi connectivity index (χ4v) is 4.52. The number of nitrogens with one attached hydrogen (secondary N) is 1. The fourth-order valence-electron chi connectivity index (χ4n) is 4.52. The van der Waals surface area contributed by atoms with E-state index < -0.39 is 5.91 Å². The van der Waals surface area contributed by atoms with Gasteiger partial charge in [0.2, 0.25) is 0 Å². The van der Waals surface area contributed by atoms with Crippen molar-refractivity contribution in [2.24, 2.45) is 5.10 Å². The minimum Gasteiger partial charge on any atom is -0.484 e. The van der Waals surface area contributed by atoms with Crippen molar-refractivity contribution in [3.05, 3.63) is 71.8 Å². The zero-order valence-electron chi connectivity index (χ0n) is 19.3. The maximum atomic E-state index is 12.8. The normalized spacial score (nSPS) is 15.1. The molecule has 0 saturated carbocycles. The standard InChI is InChI=1S/C27H26N4O4/c32-24(17-31-23-9-5-7-20-6-4-8-22(26(20)23)27(31)34)29-28-16-19-10-12-21(13-11-19)35-18-25(33)30-14-2-1-3-15-30/h4-13,16H,1-3,14-15,17-18H2,(H,29,32)/b28-16-. The lowest BCUT2D eigenvalue weighted by Gasteiger charge is -2.26. The van der Waals surface area contributed by atoms with E-state index in [1.807, 2.05) is 35.2 Å². The second-order valence-electron chi connectivity index (χ2n) is 8.66. The number of carbonyl (C=O) groups excluding carboxylic acids is 3. The summed E-state index contributed by atoms with van der Waals surface area (Å²) < 4.78 is 5.61. The summed E-state index contributed by atoms with van der Waals surface area (Å²) in [6.07, 6.45) is 4.79. The number of nitrogens with zero attached hydrogens (tertiary/aromatic N) is 3. The SMILES string of the molecule is O=C(CN1C(=O)c2cccc3cccc1c23)N/N=C\c1ccc(OCC(=O)N2CCCCC2)cc1. The third-order valence-corrected chi connectivity index (χ3v) is 6.30. The van der Waals surface area contributed by atoms with Crippen LogP contribution in [0, 0.1) is 0 Å². The average Bonchev–Trinajstić information content (AvgIpc) is 3.16. The summed E-state index contributed by atoms with van der Waals surface area (Å²) in [4.78, 5) is 40.8. The van der Waals surface area contributed by atoms with E-state index in [1.54, 1.807) is 30.3 Å². The number of benzene rings is 3. The van der Waals surface area contributed by atoms with Gasteiger partial charge in [0, 0.05) is 24.0 Å². The molecule has 0 unspecified atom stereocenters. The largest absolute Gasteiger partial charge is 0.484 e. The van der Waals surface area contributed by atoms with Gasteiger partial charge in [0.05, 0.1) is 11.9 Å². The summed E-state index contributed by atoms with van der Waals surface area (Å²) in [5, 5.41) is 5.85. The molecule has 35 heavy (non-hydrogen) atoms. The first kappa shape index (κ1) is 22.6. The highest BCUT2D eigenvalue weighted by Gasteiger charge is 2.30. The van der Waals surface area contributed by atoms with Gasteiger partial charge in [-0.05, 0) is 66.6 Å². The van der Waals surface area contributed by atoms with Gasteiger partial charge >= 0.3 is 0 Å². The molecule has 3 amide bonds. The van der Waals surface area contributed by atoms with Crippen molar-refractivity contribution in [2.75, 3.05) is 31.1 Å². The highest BCUT2D eigenvalue weighted by molar-refractivity contribution is 6.26. The molecule has 0 aromatic heterocycles. The lowest BCUT2D eigenvalue weighted by Crippen LogP contribution is -2.38. The third-order valence-electron chi connectivity index (χ3n) is 6.30. The Morgan fingerprint density at radius 2 is 1.71 bits per heavy atom. The quantitative estimate of drug-likeness (QED) is 0.424. The molecule has 0 atom stereocenters. The monoisotopic (exact) mass is 470 g/mol. The number of anilines is 1. The van der Waals surface area contributed by atoms with Gasteiger partial charge < -0.3 is 9.64 Å². The number of likely N-dealkylation sites (tertiary alicyclic amines) is 1. The van der Waals surface area contributed by atoms with Crippen LogP contribution >= 0.6 is 0 Å². The van der Waals surface area contributed by atoms with Crippen molar-refractivity contribution in [3.8, 4) is 5.75 Å². The zero-order chi connectivity index (χ0) is 24.2. The fraction of sp³-hybridized carbons (Fsp3) is 0.259. The third kappa shape index (κ3) is 4.87. The van der Waals surface area contributed by atoms with Crippen molar-refractivity contribution in [1.82, 2.24) is 10.3 Å². The maximum Gasteiger partial charge on any atom is 0.260 e. The van der Waals surface area contributed by atoms with Gasteiger partial charge in [-0.3, -0.25) is 19.3 Å². The summed E-state index contributed by atoms with van der Waals surface area (Å²) >= 11 is 0. The van der Waals surface area contributed by atoms with Crippen LogP contribution in [0.1, 0.15) is 35.2 Å².